The van der Waals surface area contributed by atoms with Gasteiger partial charge in [-0.3, -0.25) is 15.1 Å². The van der Waals surface area contributed by atoms with Crippen molar-refractivity contribution < 1.29 is 13.3 Å². The van der Waals surface area contributed by atoms with Crippen LogP contribution in [0, 0.1) is 16.0 Å². The van der Waals surface area contributed by atoms with Crippen LogP contribution in [0.25, 0.3) is 0 Å². The van der Waals surface area contributed by atoms with Gasteiger partial charge in [-0.05, 0) is 30.9 Å². The molecule has 0 amide bonds. The summed E-state index contributed by atoms with van der Waals surface area (Å²) >= 11 is 0. The molecule has 28 heavy (non-hydrogen) atoms. The van der Waals surface area contributed by atoms with Crippen molar-refractivity contribution in [2.75, 3.05) is 44.8 Å². The number of nitro groups is 1. The lowest BCUT2D eigenvalue weighted by atomic mass is 10.0. The molecule has 0 radical (unpaired) electrons. The summed E-state index contributed by atoms with van der Waals surface area (Å²) in [6, 6.07) is 3.88. The molecule has 1 aliphatic rings. The molecule has 1 atom stereocenters. The van der Waals surface area contributed by atoms with E-state index in [1.165, 1.54) is 18.6 Å². The second-order valence-electron chi connectivity index (χ2n) is 6.80. The molecular formula is C17H28IN5O4S. The molecule has 9 nitrogen and oxygen atoms in total. The number of sulfone groups is 1. The van der Waals surface area contributed by atoms with Crippen molar-refractivity contribution in [2.24, 2.45) is 10.9 Å². The van der Waals surface area contributed by atoms with E-state index in [0.29, 0.717) is 19.0 Å². The molecule has 0 spiro atoms. The third-order valence-corrected chi connectivity index (χ3v) is 5.60. The van der Waals surface area contributed by atoms with Crippen LogP contribution >= 0.6 is 24.0 Å². The zero-order valence-electron chi connectivity index (χ0n) is 16.3. The van der Waals surface area contributed by atoms with Crippen LogP contribution in [0.5, 0.6) is 0 Å². The summed E-state index contributed by atoms with van der Waals surface area (Å²) in [5, 5.41) is 17.5. The minimum atomic E-state index is -3.50. The number of nitrogens with zero attached hydrogens (tertiary/aromatic N) is 3. The van der Waals surface area contributed by atoms with Crippen molar-refractivity contribution >= 4 is 51.1 Å². The van der Waals surface area contributed by atoms with Crippen LogP contribution in [0.15, 0.2) is 28.1 Å². The SMILES string of the molecule is CN=C(NCCNc1ccc(S(C)(=O)=O)cc1[N+](=O)[O-])N1CCCC(C)C1.I. The van der Waals surface area contributed by atoms with Gasteiger partial charge < -0.3 is 15.5 Å². The Kier molecular flexibility index (Phi) is 9.40. The van der Waals surface area contributed by atoms with E-state index in [1.54, 1.807) is 7.05 Å². The Bertz CT molecular complexity index is 816. The maximum Gasteiger partial charge on any atom is 0.293 e. The Balaban J connectivity index is 0.00000392. The highest BCUT2D eigenvalue weighted by atomic mass is 127. The Morgan fingerprint density at radius 3 is 2.68 bits per heavy atom. The number of piperidine rings is 1. The lowest BCUT2D eigenvalue weighted by Crippen LogP contribution is -2.47. The first-order valence-electron chi connectivity index (χ1n) is 8.90. The number of nitro benzene ring substituents is 1. The molecule has 0 aliphatic carbocycles. The van der Waals surface area contributed by atoms with Gasteiger partial charge in [0.25, 0.3) is 5.69 Å². The van der Waals surface area contributed by atoms with Crippen LogP contribution in [0.3, 0.4) is 0 Å². The Morgan fingerprint density at radius 1 is 1.39 bits per heavy atom. The topological polar surface area (TPSA) is 117 Å². The molecule has 1 fully saturated rings. The summed E-state index contributed by atoms with van der Waals surface area (Å²) < 4.78 is 23.2. The summed E-state index contributed by atoms with van der Waals surface area (Å²) in [5.41, 5.74) is 0.0305. The van der Waals surface area contributed by atoms with E-state index in [1.807, 2.05) is 0 Å². The van der Waals surface area contributed by atoms with Gasteiger partial charge in [0.2, 0.25) is 0 Å². The third-order valence-electron chi connectivity index (χ3n) is 4.49. The van der Waals surface area contributed by atoms with Crippen LogP contribution < -0.4 is 10.6 Å². The molecule has 2 rings (SSSR count). The number of guanidine groups is 1. The molecule has 0 aromatic heterocycles. The molecule has 1 unspecified atom stereocenters. The predicted molar refractivity (Wildman–Crippen MR) is 121 cm³/mol. The predicted octanol–water partition coefficient (Wildman–Crippen LogP) is 2.34. The molecule has 2 N–H and O–H groups in total. The molecule has 0 bridgehead atoms. The Labute approximate surface area is 183 Å². The zero-order valence-corrected chi connectivity index (χ0v) is 19.5. The maximum atomic E-state index is 11.6. The van der Waals surface area contributed by atoms with Gasteiger partial charge in [0.15, 0.2) is 15.8 Å². The summed E-state index contributed by atoms with van der Waals surface area (Å²) in [6.07, 6.45) is 3.39. The molecule has 158 valence electrons. The molecule has 1 aromatic carbocycles. The van der Waals surface area contributed by atoms with Gasteiger partial charge in [0, 0.05) is 45.5 Å². The highest BCUT2D eigenvalue weighted by Crippen LogP contribution is 2.27. The van der Waals surface area contributed by atoms with Crippen molar-refractivity contribution in [3.8, 4) is 0 Å². The monoisotopic (exact) mass is 525 g/mol. The quantitative estimate of drug-likeness (QED) is 0.146. The van der Waals surface area contributed by atoms with Crippen LogP contribution in [0.4, 0.5) is 11.4 Å². The van der Waals surface area contributed by atoms with E-state index >= 15 is 0 Å². The molecule has 1 saturated heterocycles. The summed E-state index contributed by atoms with van der Waals surface area (Å²) in [5.74, 6) is 1.46. The molecule has 0 saturated carbocycles. The van der Waals surface area contributed by atoms with Gasteiger partial charge >= 0.3 is 0 Å². The van der Waals surface area contributed by atoms with Crippen molar-refractivity contribution in [3.63, 3.8) is 0 Å². The van der Waals surface area contributed by atoms with Crippen LogP contribution in [0.1, 0.15) is 19.8 Å². The summed E-state index contributed by atoms with van der Waals surface area (Å²) in [6.45, 7) is 5.12. The van der Waals surface area contributed by atoms with Crippen molar-refractivity contribution in [2.45, 2.75) is 24.7 Å². The number of nitrogens with one attached hydrogen (secondary N) is 2. The number of hydrogen-bond donors (Lipinski definition) is 2. The van der Waals surface area contributed by atoms with Gasteiger partial charge in [-0.15, -0.1) is 24.0 Å². The second-order valence-corrected chi connectivity index (χ2v) is 8.82. The highest BCUT2D eigenvalue weighted by molar-refractivity contribution is 14.0. The number of likely N-dealkylation sites (tertiary alicyclic amines) is 1. The minimum Gasteiger partial charge on any atom is -0.378 e. The minimum absolute atomic E-state index is 0. The summed E-state index contributed by atoms with van der Waals surface area (Å²) in [7, 11) is -1.76. The van der Waals surface area contributed by atoms with E-state index in [0.717, 1.165) is 37.8 Å². The first-order valence-corrected chi connectivity index (χ1v) is 10.8. The molecule has 1 heterocycles. The van der Waals surface area contributed by atoms with E-state index in [-0.39, 0.29) is 40.2 Å². The van der Waals surface area contributed by atoms with E-state index in [4.69, 9.17) is 0 Å². The first kappa shape index (κ1) is 24.4. The van der Waals surface area contributed by atoms with Gasteiger partial charge in [-0.1, -0.05) is 6.92 Å². The number of rotatable bonds is 6. The normalized spacial score (nSPS) is 17.6. The summed E-state index contributed by atoms with van der Waals surface area (Å²) in [4.78, 5) is 17.1. The maximum absolute atomic E-state index is 11.6. The largest absolute Gasteiger partial charge is 0.378 e. The van der Waals surface area contributed by atoms with Gasteiger partial charge in [0.1, 0.15) is 5.69 Å². The van der Waals surface area contributed by atoms with Crippen LogP contribution in [-0.2, 0) is 9.84 Å². The van der Waals surface area contributed by atoms with Crippen molar-refractivity contribution in [1.29, 1.82) is 0 Å². The van der Waals surface area contributed by atoms with Crippen molar-refractivity contribution in [1.82, 2.24) is 10.2 Å². The molecule has 1 aromatic rings. The molecule has 1 aliphatic heterocycles. The standard InChI is InChI=1S/C17H27N5O4S.HI/c1-13-5-4-10-21(12-13)17(18-2)20-9-8-19-15-7-6-14(27(3,25)26)11-16(15)22(23)24;/h6-7,11,13,19H,4-5,8-10,12H2,1-3H3,(H,18,20);1H. The van der Waals surface area contributed by atoms with E-state index in [9.17, 15) is 18.5 Å². The fraction of sp³-hybridized carbons (Fsp3) is 0.588. The Morgan fingerprint density at radius 2 is 2.11 bits per heavy atom. The third kappa shape index (κ3) is 6.76. The Hall–Kier alpha value is -1.63. The van der Waals surface area contributed by atoms with Gasteiger partial charge in [-0.25, -0.2) is 8.42 Å². The second kappa shape index (κ2) is 10.8. The molecular weight excluding hydrogens is 497 g/mol. The number of hydrogen-bond acceptors (Lipinski definition) is 6. The van der Waals surface area contributed by atoms with Gasteiger partial charge in [-0.2, -0.15) is 0 Å². The van der Waals surface area contributed by atoms with Crippen molar-refractivity contribution in [3.05, 3.63) is 28.3 Å². The van der Waals surface area contributed by atoms with Crippen LogP contribution in [0.2, 0.25) is 0 Å². The smallest absolute Gasteiger partial charge is 0.293 e. The number of halogens is 1. The fourth-order valence-corrected chi connectivity index (χ4v) is 3.77. The number of aliphatic imine (C=N–C) groups is 1. The average molecular weight is 525 g/mol. The lowest BCUT2D eigenvalue weighted by Gasteiger charge is -2.33. The lowest BCUT2D eigenvalue weighted by molar-refractivity contribution is -0.384. The number of anilines is 1. The van der Waals surface area contributed by atoms with E-state index in [2.05, 4.69) is 27.4 Å². The highest BCUT2D eigenvalue weighted by Gasteiger charge is 2.20. The average Bonchev–Trinajstić information content (AvgIpc) is 2.60. The van der Waals surface area contributed by atoms with Gasteiger partial charge in [0.05, 0.1) is 9.82 Å². The van der Waals surface area contributed by atoms with Crippen LogP contribution in [-0.4, -0.2) is 63.7 Å². The fourth-order valence-electron chi connectivity index (χ4n) is 3.13. The number of benzene rings is 1. The first-order chi connectivity index (χ1) is 12.7. The van der Waals surface area contributed by atoms with E-state index < -0.39 is 14.8 Å². The molecule has 11 heteroatoms. The zero-order chi connectivity index (χ0) is 20.0.